The minimum Gasteiger partial charge on any atom is -0.326 e. The molecule has 1 aromatic rings. The summed E-state index contributed by atoms with van der Waals surface area (Å²) in [5.74, 6) is 0.749. The molecule has 1 heterocycles. The van der Waals surface area contributed by atoms with Crippen molar-refractivity contribution in [2.75, 3.05) is 0 Å². The number of hydrogen-bond donors (Lipinski definition) is 1. The predicted octanol–water partition coefficient (Wildman–Crippen LogP) is 2.41. The zero-order chi connectivity index (χ0) is 8.27. The maximum absolute atomic E-state index is 5.50. The van der Waals surface area contributed by atoms with Crippen LogP contribution in [0, 0.1) is 5.92 Å². The Kier molecular flexibility index (Phi) is 3.09. The van der Waals surface area contributed by atoms with Gasteiger partial charge in [-0.3, -0.25) is 0 Å². The van der Waals surface area contributed by atoms with Gasteiger partial charge in [0, 0.05) is 16.3 Å². The minimum atomic E-state index is 0.683. The Morgan fingerprint density at radius 2 is 2.00 bits per heavy atom. The van der Waals surface area contributed by atoms with Gasteiger partial charge in [-0.2, -0.15) is 0 Å². The summed E-state index contributed by atoms with van der Waals surface area (Å²) in [5.41, 5.74) is 5.50. The fourth-order valence-corrected chi connectivity index (χ4v) is 2.15. The van der Waals surface area contributed by atoms with Crippen molar-refractivity contribution in [2.24, 2.45) is 11.7 Å². The van der Waals surface area contributed by atoms with Crippen LogP contribution in [-0.4, -0.2) is 0 Å². The standard InChI is InChI=1S/C9H15NS/c1-7(2)5-8-3-4-9(6-10)11-8/h3-4,7H,5-6,10H2,1-2H3. The van der Waals surface area contributed by atoms with Gasteiger partial charge in [0.05, 0.1) is 0 Å². The molecule has 0 saturated carbocycles. The average Bonchev–Trinajstić information content (AvgIpc) is 2.34. The van der Waals surface area contributed by atoms with Gasteiger partial charge in [0.15, 0.2) is 0 Å². The highest BCUT2D eigenvalue weighted by Crippen LogP contribution is 2.18. The quantitative estimate of drug-likeness (QED) is 0.738. The van der Waals surface area contributed by atoms with Gasteiger partial charge in [-0.05, 0) is 24.5 Å². The van der Waals surface area contributed by atoms with Crippen molar-refractivity contribution >= 4 is 11.3 Å². The molecule has 0 spiro atoms. The topological polar surface area (TPSA) is 26.0 Å². The van der Waals surface area contributed by atoms with Gasteiger partial charge in [-0.15, -0.1) is 11.3 Å². The van der Waals surface area contributed by atoms with Crippen LogP contribution in [0.25, 0.3) is 0 Å². The first-order valence-corrected chi connectivity index (χ1v) is 4.81. The lowest BCUT2D eigenvalue weighted by Gasteiger charge is -1.99. The van der Waals surface area contributed by atoms with E-state index in [2.05, 4.69) is 26.0 Å². The molecule has 0 fully saturated rings. The van der Waals surface area contributed by atoms with E-state index in [1.807, 2.05) is 11.3 Å². The van der Waals surface area contributed by atoms with Crippen LogP contribution in [0.15, 0.2) is 12.1 Å². The number of rotatable bonds is 3. The molecule has 1 aromatic heterocycles. The summed E-state index contributed by atoms with van der Waals surface area (Å²) in [6.45, 7) is 5.16. The van der Waals surface area contributed by atoms with Gasteiger partial charge < -0.3 is 5.73 Å². The van der Waals surface area contributed by atoms with E-state index < -0.39 is 0 Å². The van der Waals surface area contributed by atoms with Crippen LogP contribution in [-0.2, 0) is 13.0 Å². The van der Waals surface area contributed by atoms with E-state index in [0.717, 1.165) is 5.92 Å². The molecular formula is C9H15NS. The van der Waals surface area contributed by atoms with Gasteiger partial charge >= 0.3 is 0 Å². The van der Waals surface area contributed by atoms with E-state index >= 15 is 0 Å². The third kappa shape index (κ3) is 2.64. The van der Waals surface area contributed by atoms with Crippen molar-refractivity contribution in [1.82, 2.24) is 0 Å². The summed E-state index contributed by atoms with van der Waals surface area (Å²) >= 11 is 1.84. The first kappa shape index (κ1) is 8.75. The van der Waals surface area contributed by atoms with Crippen molar-refractivity contribution in [3.63, 3.8) is 0 Å². The molecule has 0 radical (unpaired) electrons. The number of hydrogen-bond acceptors (Lipinski definition) is 2. The fraction of sp³-hybridized carbons (Fsp3) is 0.556. The van der Waals surface area contributed by atoms with Crippen molar-refractivity contribution in [1.29, 1.82) is 0 Å². The molecule has 2 heteroatoms. The van der Waals surface area contributed by atoms with E-state index in [9.17, 15) is 0 Å². The largest absolute Gasteiger partial charge is 0.326 e. The molecule has 0 atom stereocenters. The Labute approximate surface area is 72.2 Å². The van der Waals surface area contributed by atoms with Gasteiger partial charge in [0.25, 0.3) is 0 Å². The molecule has 0 aromatic carbocycles. The number of nitrogens with two attached hydrogens (primary N) is 1. The maximum Gasteiger partial charge on any atom is 0.0273 e. The SMILES string of the molecule is CC(C)Cc1ccc(CN)s1. The van der Waals surface area contributed by atoms with Crippen LogP contribution in [0.5, 0.6) is 0 Å². The van der Waals surface area contributed by atoms with Crippen molar-refractivity contribution in [3.8, 4) is 0 Å². The molecule has 0 saturated heterocycles. The summed E-state index contributed by atoms with van der Waals surface area (Å²) in [4.78, 5) is 2.75. The maximum atomic E-state index is 5.50. The molecule has 0 aliphatic carbocycles. The molecule has 0 amide bonds. The minimum absolute atomic E-state index is 0.683. The van der Waals surface area contributed by atoms with Crippen LogP contribution in [0.2, 0.25) is 0 Å². The molecule has 1 rings (SSSR count). The van der Waals surface area contributed by atoms with Crippen molar-refractivity contribution < 1.29 is 0 Å². The monoisotopic (exact) mass is 169 g/mol. The van der Waals surface area contributed by atoms with Gasteiger partial charge in [0.2, 0.25) is 0 Å². The highest BCUT2D eigenvalue weighted by atomic mass is 32.1. The van der Waals surface area contributed by atoms with Gasteiger partial charge in [-0.25, -0.2) is 0 Å². The Bertz CT molecular complexity index is 215. The Morgan fingerprint density at radius 1 is 1.36 bits per heavy atom. The van der Waals surface area contributed by atoms with Crippen LogP contribution >= 0.6 is 11.3 Å². The highest BCUT2D eigenvalue weighted by molar-refractivity contribution is 7.11. The fourth-order valence-electron chi connectivity index (χ4n) is 1.04. The zero-order valence-electron chi connectivity index (χ0n) is 7.13. The number of thiophene rings is 1. The van der Waals surface area contributed by atoms with E-state index in [0.29, 0.717) is 6.54 Å². The Balaban J connectivity index is 2.58. The summed E-state index contributed by atoms with van der Waals surface area (Å²) in [6.07, 6.45) is 1.19. The Morgan fingerprint density at radius 3 is 2.45 bits per heavy atom. The van der Waals surface area contributed by atoms with Gasteiger partial charge in [0.1, 0.15) is 0 Å². The first-order valence-electron chi connectivity index (χ1n) is 4.00. The lowest BCUT2D eigenvalue weighted by molar-refractivity contribution is 0.654. The summed E-state index contributed by atoms with van der Waals surface area (Å²) in [5, 5.41) is 0. The van der Waals surface area contributed by atoms with Gasteiger partial charge in [-0.1, -0.05) is 13.8 Å². The lowest BCUT2D eigenvalue weighted by Crippen LogP contribution is -1.92. The smallest absolute Gasteiger partial charge is 0.0273 e. The summed E-state index contributed by atoms with van der Waals surface area (Å²) < 4.78 is 0. The summed E-state index contributed by atoms with van der Waals surface area (Å²) in [7, 11) is 0. The van der Waals surface area contributed by atoms with Crippen molar-refractivity contribution in [2.45, 2.75) is 26.8 Å². The first-order chi connectivity index (χ1) is 5.22. The second-order valence-electron chi connectivity index (χ2n) is 3.17. The third-order valence-corrected chi connectivity index (χ3v) is 2.66. The molecule has 11 heavy (non-hydrogen) atoms. The highest BCUT2D eigenvalue weighted by Gasteiger charge is 2.00. The molecule has 0 aliphatic heterocycles. The van der Waals surface area contributed by atoms with E-state index in [-0.39, 0.29) is 0 Å². The second kappa shape index (κ2) is 3.88. The third-order valence-electron chi connectivity index (χ3n) is 1.53. The van der Waals surface area contributed by atoms with Crippen molar-refractivity contribution in [3.05, 3.63) is 21.9 Å². The molecule has 0 unspecified atom stereocenters. The lowest BCUT2D eigenvalue weighted by atomic mass is 10.1. The molecule has 62 valence electrons. The van der Waals surface area contributed by atoms with E-state index in [1.54, 1.807) is 0 Å². The van der Waals surface area contributed by atoms with E-state index in [1.165, 1.54) is 16.2 Å². The van der Waals surface area contributed by atoms with E-state index in [4.69, 9.17) is 5.73 Å². The molecule has 0 aliphatic rings. The second-order valence-corrected chi connectivity index (χ2v) is 4.42. The van der Waals surface area contributed by atoms with Crippen LogP contribution in [0.3, 0.4) is 0 Å². The summed E-state index contributed by atoms with van der Waals surface area (Å²) in [6, 6.07) is 4.31. The zero-order valence-corrected chi connectivity index (χ0v) is 7.95. The molecule has 1 nitrogen and oxygen atoms in total. The van der Waals surface area contributed by atoms with Crippen LogP contribution in [0.4, 0.5) is 0 Å². The predicted molar refractivity (Wildman–Crippen MR) is 50.8 cm³/mol. The normalized spacial score (nSPS) is 10.9. The molecular weight excluding hydrogens is 154 g/mol. The molecule has 0 bridgehead atoms. The average molecular weight is 169 g/mol. The Hall–Kier alpha value is -0.340. The van der Waals surface area contributed by atoms with Crippen LogP contribution < -0.4 is 5.73 Å². The molecule has 2 N–H and O–H groups in total. The van der Waals surface area contributed by atoms with Crippen LogP contribution in [0.1, 0.15) is 23.6 Å².